The van der Waals surface area contributed by atoms with Crippen LogP contribution in [0.25, 0.3) is 0 Å². The lowest BCUT2D eigenvalue weighted by Crippen LogP contribution is -2.37. The highest BCUT2D eigenvalue weighted by Crippen LogP contribution is 2.29. The monoisotopic (exact) mass is 324 g/mol. The van der Waals surface area contributed by atoms with Crippen molar-refractivity contribution >= 4 is 11.8 Å². The summed E-state index contributed by atoms with van der Waals surface area (Å²) in [5.74, 6) is 0.224. The Morgan fingerprint density at radius 3 is 2.75 bits per heavy atom. The van der Waals surface area contributed by atoms with Crippen molar-refractivity contribution < 1.29 is 9.59 Å². The van der Waals surface area contributed by atoms with Crippen LogP contribution < -0.4 is 10.6 Å². The normalized spacial score (nSPS) is 18.9. The molecular formula is C18H20N4O2. The fraction of sp³-hybridized carbons (Fsp3) is 0.389. The van der Waals surface area contributed by atoms with Crippen LogP contribution in [0, 0.1) is 5.92 Å². The van der Waals surface area contributed by atoms with Crippen LogP contribution in [0.15, 0.2) is 36.5 Å². The zero-order valence-electron chi connectivity index (χ0n) is 13.4. The van der Waals surface area contributed by atoms with Gasteiger partial charge in [0.15, 0.2) is 0 Å². The first kappa shape index (κ1) is 14.9. The number of aromatic nitrogens is 2. The number of hydrogen-bond acceptors (Lipinski definition) is 3. The molecule has 6 nitrogen and oxygen atoms in total. The van der Waals surface area contributed by atoms with Gasteiger partial charge in [0.2, 0.25) is 5.91 Å². The quantitative estimate of drug-likeness (QED) is 0.869. The summed E-state index contributed by atoms with van der Waals surface area (Å²) >= 11 is 0. The number of nitrogens with one attached hydrogen (secondary N) is 2. The van der Waals surface area contributed by atoms with E-state index in [1.807, 2.05) is 35.0 Å². The SMILES string of the molecule is O=C(NCc1ccccc1)c1cnn2c1CC(NC(=O)C1CC1)C2. The molecule has 1 aliphatic heterocycles. The fourth-order valence-electron chi connectivity index (χ4n) is 3.11. The second kappa shape index (κ2) is 6.11. The van der Waals surface area contributed by atoms with Crippen LogP contribution in [0.5, 0.6) is 0 Å². The molecule has 0 saturated heterocycles. The summed E-state index contributed by atoms with van der Waals surface area (Å²) in [6.07, 6.45) is 4.27. The van der Waals surface area contributed by atoms with E-state index >= 15 is 0 Å². The Balaban J connectivity index is 1.38. The Morgan fingerprint density at radius 1 is 1.21 bits per heavy atom. The molecule has 0 spiro atoms. The van der Waals surface area contributed by atoms with Gasteiger partial charge in [-0.3, -0.25) is 14.3 Å². The van der Waals surface area contributed by atoms with Crippen molar-refractivity contribution in [1.29, 1.82) is 0 Å². The summed E-state index contributed by atoms with van der Waals surface area (Å²) in [5.41, 5.74) is 2.57. The molecule has 2 heterocycles. The minimum Gasteiger partial charge on any atom is -0.351 e. The maximum atomic E-state index is 12.4. The van der Waals surface area contributed by atoms with Crippen molar-refractivity contribution in [3.63, 3.8) is 0 Å². The average molecular weight is 324 g/mol. The van der Waals surface area contributed by atoms with Crippen LogP contribution in [0.3, 0.4) is 0 Å². The van der Waals surface area contributed by atoms with Crippen LogP contribution in [0.2, 0.25) is 0 Å². The third-order valence-electron chi connectivity index (χ3n) is 4.62. The maximum Gasteiger partial charge on any atom is 0.255 e. The summed E-state index contributed by atoms with van der Waals surface area (Å²) in [6.45, 7) is 1.13. The zero-order valence-corrected chi connectivity index (χ0v) is 13.4. The highest BCUT2D eigenvalue weighted by Gasteiger charge is 2.34. The highest BCUT2D eigenvalue weighted by molar-refractivity contribution is 5.95. The van der Waals surface area contributed by atoms with Crippen molar-refractivity contribution in [1.82, 2.24) is 20.4 Å². The first-order valence-corrected chi connectivity index (χ1v) is 8.38. The smallest absolute Gasteiger partial charge is 0.255 e. The Bertz CT molecular complexity index is 765. The Morgan fingerprint density at radius 2 is 2.00 bits per heavy atom. The number of amides is 2. The van der Waals surface area contributed by atoms with E-state index in [2.05, 4.69) is 15.7 Å². The zero-order chi connectivity index (χ0) is 16.5. The summed E-state index contributed by atoms with van der Waals surface area (Å²) in [4.78, 5) is 24.3. The topological polar surface area (TPSA) is 76.0 Å². The van der Waals surface area contributed by atoms with Gasteiger partial charge in [-0.2, -0.15) is 5.10 Å². The average Bonchev–Trinajstić information content (AvgIpc) is 3.27. The van der Waals surface area contributed by atoms with Gasteiger partial charge in [0.05, 0.1) is 30.0 Å². The number of fused-ring (bicyclic) bond motifs is 1. The number of benzene rings is 1. The van der Waals surface area contributed by atoms with E-state index in [1.54, 1.807) is 6.20 Å². The molecule has 4 rings (SSSR count). The minimum atomic E-state index is -0.116. The van der Waals surface area contributed by atoms with Crippen LogP contribution >= 0.6 is 0 Å². The van der Waals surface area contributed by atoms with Crippen molar-refractivity contribution in [3.05, 3.63) is 53.3 Å². The summed E-state index contributed by atoms with van der Waals surface area (Å²) < 4.78 is 1.83. The molecule has 6 heteroatoms. The van der Waals surface area contributed by atoms with Crippen molar-refractivity contribution in [2.75, 3.05) is 0 Å². The number of nitrogens with zero attached hydrogens (tertiary/aromatic N) is 2. The number of carbonyl (C=O) groups is 2. The van der Waals surface area contributed by atoms with Gasteiger partial charge in [-0.15, -0.1) is 0 Å². The fourth-order valence-corrected chi connectivity index (χ4v) is 3.11. The molecule has 1 atom stereocenters. The summed E-state index contributed by atoms with van der Waals surface area (Å²) in [5, 5.41) is 10.3. The van der Waals surface area contributed by atoms with Crippen molar-refractivity contribution in [3.8, 4) is 0 Å². The van der Waals surface area contributed by atoms with Gasteiger partial charge in [-0.05, 0) is 18.4 Å². The van der Waals surface area contributed by atoms with Gasteiger partial charge >= 0.3 is 0 Å². The van der Waals surface area contributed by atoms with E-state index in [1.165, 1.54) is 0 Å². The second-order valence-corrected chi connectivity index (χ2v) is 6.54. The van der Waals surface area contributed by atoms with Crippen LogP contribution in [0.4, 0.5) is 0 Å². The molecule has 0 radical (unpaired) electrons. The van der Waals surface area contributed by atoms with Gasteiger partial charge < -0.3 is 10.6 Å². The Hall–Kier alpha value is -2.63. The number of rotatable bonds is 5. The van der Waals surface area contributed by atoms with Gasteiger partial charge in [-0.25, -0.2) is 0 Å². The lowest BCUT2D eigenvalue weighted by molar-refractivity contribution is -0.123. The molecule has 1 aromatic carbocycles. The highest BCUT2D eigenvalue weighted by atomic mass is 16.2. The third-order valence-corrected chi connectivity index (χ3v) is 4.62. The van der Waals surface area contributed by atoms with Gasteiger partial charge in [0, 0.05) is 18.9 Å². The molecule has 2 aliphatic rings. The van der Waals surface area contributed by atoms with Crippen molar-refractivity contribution in [2.24, 2.45) is 5.92 Å². The molecule has 24 heavy (non-hydrogen) atoms. The van der Waals surface area contributed by atoms with Crippen LogP contribution in [0.1, 0.15) is 34.5 Å². The molecule has 2 aromatic rings. The molecule has 1 aliphatic carbocycles. The Labute approximate surface area is 140 Å². The largest absolute Gasteiger partial charge is 0.351 e. The molecule has 2 N–H and O–H groups in total. The number of hydrogen-bond donors (Lipinski definition) is 2. The number of carbonyl (C=O) groups excluding carboxylic acids is 2. The third kappa shape index (κ3) is 3.04. The van der Waals surface area contributed by atoms with Crippen molar-refractivity contribution in [2.45, 2.75) is 38.4 Å². The molecule has 1 fully saturated rings. The minimum absolute atomic E-state index is 0.0440. The van der Waals surface area contributed by atoms with E-state index in [-0.39, 0.29) is 23.8 Å². The van der Waals surface area contributed by atoms with Crippen LogP contribution in [-0.2, 0) is 24.3 Å². The van der Waals surface area contributed by atoms with E-state index < -0.39 is 0 Å². The van der Waals surface area contributed by atoms with E-state index in [0.717, 1.165) is 24.1 Å². The molecular weight excluding hydrogens is 304 g/mol. The lowest BCUT2D eigenvalue weighted by Gasteiger charge is -2.11. The maximum absolute atomic E-state index is 12.4. The first-order chi connectivity index (χ1) is 11.7. The first-order valence-electron chi connectivity index (χ1n) is 8.38. The Kier molecular flexibility index (Phi) is 3.80. The standard InChI is InChI=1S/C18H20N4O2/c23-17(13-6-7-13)21-14-8-16-15(10-20-22(16)11-14)18(24)19-9-12-4-2-1-3-5-12/h1-5,10,13-14H,6-9,11H2,(H,19,24)(H,21,23). The molecule has 2 amide bonds. The van der Waals surface area contributed by atoms with E-state index in [9.17, 15) is 9.59 Å². The summed E-state index contributed by atoms with van der Waals surface area (Å²) in [7, 11) is 0. The lowest BCUT2D eigenvalue weighted by atomic mass is 10.1. The van der Waals surface area contributed by atoms with E-state index in [0.29, 0.717) is 25.1 Å². The molecule has 1 saturated carbocycles. The molecule has 1 aromatic heterocycles. The van der Waals surface area contributed by atoms with Crippen LogP contribution in [-0.4, -0.2) is 27.6 Å². The molecule has 1 unspecified atom stereocenters. The molecule has 0 bridgehead atoms. The van der Waals surface area contributed by atoms with Gasteiger partial charge in [-0.1, -0.05) is 30.3 Å². The van der Waals surface area contributed by atoms with Gasteiger partial charge in [0.25, 0.3) is 5.91 Å². The predicted octanol–water partition coefficient (Wildman–Crippen LogP) is 1.26. The summed E-state index contributed by atoms with van der Waals surface area (Å²) in [6, 6.07) is 9.85. The van der Waals surface area contributed by atoms with Gasteiger partial charge in [0.1, 0.15) is 0 Å². The predicted molar refractivity (Wildman–Crippen MR) is 88.2 cm³/mol. The second-order valence-electron chi connectivity index (χ2n) is 6.54. The van der Waals surface area contributed by atoms with E-state index in [4.69, 9.17) is 0 Å². The molecule has 124 valence electrons.